The number of rotatable bonds is 6. The highest BCUT2D eigenvalue weighted by Crippen LogP contribution is 2.26. The summed E-state index contributed by atoms with van der Waals surface area (Å²) in [5, 5.41) is 2.94. The predicted octanol–water partition coefficient (Wildman–Crippen LogP) is 3.32. The summed E-state index contributed by atoms with van der Waals surface area (Å²) in [6.45, 7) is 1.81. The summed E-state index contributed by atoms with van der Waals surface area (Å²) in [6.07, 6.45) is 2.05. The van der Waals surface area contributed by atoms with Gasteiger partial charge in [0.15, 0.2) is 0 Å². The molecule has 1 unspecified atom stereocenters. The molecule has 0 amide bonds. The minimum atomic E-state index is -4.63. The summed E-state index contributed by atoms with van der Waals surface area (Å²) >= 11 is 0. The standard InChI is InChI=1S/C14H15F2NO3S/c1-10(9-11-5-4-8-20-11)17-12-6-2-3-7-13(12)21(18,19)14(15)16/h2-8,10,14,17H,9H2,1H3. The zero-order chi connectivity index (χ0) is 15.5. The Balaban J connectivity index is 2.21. The minimum absolute atomic E-state index is 0.164. The molecule has 114 valence electrons. The molecule has 0 spiro atoms. The quantitative estimate of drug-likeness (QED) is 0.888. The Morgan fingerprint density at radius 2 is 1.90 bits per heavy atom. The Morgan fingerprint density at radius 1 is 1.19 bits per heavy atom. The Labute approximate surface area is 121 Å². The summed E-state index contributed by atoms with van der Waals surface area (Å²) < 4.78 is 53.9. The van der Waals surface area contributed by atoms with Gasteiger partial charge in [0.05, 0.1) is 16.8 Å². The topological polar surface area (TPSA) is 59.3 Å². The van der Waals surface area contributed by atoms with Crippen molar-refractivity contribution >= 4 is 15.5 Å². The number of hydrogen-bond donors (Lipinski definition) is 1. The first-order valence-electron chi connectivity index (χ1n) is 6.31. The third-order valence-electron chi connectivity index (χ3n) is 2.92. The Bertz CT molecular complexity index is 684. The fourth-order valence-electron chi connectivity index (χ4n) is 1.98. The molecule has 1 N–H and O–H groups in total. The minimum Gasteiger partial charge on any atom is -0.469 e. The molecule has 1 atom stereocenters. The lowest BCUT2D eigenvalue weighted by molar-refractivity contribution is 0.235. The maximum absolute atomic E-state index is 12.7. The van der Waals surface area contributed by atoms with Gasteiger partial charge in [0.1, 0.15) is 5.76 Å². The van der Waals surface area contributed by atoms with Gasteiger partial charge >= 0.3 is 5.76 Å². The highest BCUT2D eigenvalue weighted by Gasteiger charge is 2.29. The largest absolute Gasteiger partial charge is 0.469 e. The molecular weight excluding hydrogens is 300 g/mol. The van der Waals surface area contributed by atoms with Crippen LogP contribution in [-0.2, 0) is 16.3 Å². The molecule has 1 heterocycles. The van der Waals surface area contributed by atoms with Crippen LogP contribution in [0.15, 0.2) is 52.0 Å². The molecule has 1 aromatic heterocycles. The van der Waals surface area contributed by atoms with Crippen molar-refractivity contribution < 1.29 is 21.6 Å². The molecule has 2 rings (SSSR count). The number of nitrogens with one attached hydrogen (secondary N) is 1. The van der Waals surface area contributed by atoms with E-state index in [0.717, 1.165) is 5.76 Å². The smallest absolute Gasteiger partial charge is 0.341 e. The molecular formula is C14H15F2NO3S. The fourth-order valence-corrected chi connectivity index (χ4v) is 2.87. The van der Waals surface area contributed by atoms with Gasteiger partial charge in [-0.15, -0.1) is 0 Å². The fraction of sp³-hybridized carbons (Fsp3) is 0.286. The van der Waals surface area contributed by atoms with E-state index >= 15 is 0 Å². The van der Waals surface area contributed by atoms with E-state index in [1.807, 2.05) is 6.92 Å². The molecule has 0 aliphatic carbocycles. The van der Waals surface area contributed by atoms with E-state index in [1.54, 1.807) is 18.2 Å². The van der Waals surface area contributed by atoms with E-state index in [1.165, 1.54) is 24.5 Å². The van der Waals surface area contributed by atoms with Crippen LogP contribution in [0.4, 0.5) is 14.5 Å². The van der Waals surface area contributed by atoms with Crippen molar-refractivity contribution in [3.63, 3.8) is 0 Å². The number of alkyl halides is 2. The first-order valence-corrected chi connectivity index (χ1v) is 7.86. The average Bonchev–Trinajstić information content (AvgIpc) is 2.91. The van der Waals surface area contributed by atoms with Gasteiger partial charge < -0.3 is 9.73 Å². The molecule has 0 saturated heterocycles. The lowest BCUT2D eigenvalue weighted by atomic mass is 10.2. The maximum atomic E-state index is 12.7. The van der Waals surface area contributed by atoms with E-state index < -0.39 is 20.5 Å². The SMILES string of the molecule is CC(Cc1ccco1)Nc1ccccc1S(=O)(=O)C(F)F. The van der Waals surface area contributed by atoms with Gasteiger partial charge in [-0.25, -0.2) is 8.42 Å². The van der Waals surface area contributed by atoms with E-state index in [9.17, 15) is 17.2 Å². The van der Waals surface area contributed by atoms with Gasteiger partial charge in [0.25, 0.3) is 0 Å². The number of anilines is 1. The summed E-state index contributed by atoms with van der Waals surface area (Å²) in [4.78, 5) is -0.397. The van der Waals surface area contributed by atoms with Crippen molar-refractivity contribution in [3.05, 3.63) is 48.4 Å². The number of hydrogen-bond acceptors (Lipinski definition) is 4. The van der Waals surface area contributed by atoms with Gasteiger partial charge in [-0.1, -0.05) is 12.1 Å². The van der Waals surface area contributed by atoms with Gasteiger partial charge in [-0.3, -0.25) is 0 Å². The first-order chi connectivity index (χ1) is 9.91. The van der Waals surface area contributed by atoms with Gasteiger partial charge in [-0.2, -0.15) is 8.78 Å². The second-order valence-electron chi connectivity index (χ2n) is 4.63. The average molecular weight is 315 g/mol. The van der Waals surface area contributed by atoms with Crippen molar-refractivity contribution in [2.75, 3.05) is 5.32 Å². The zero-order valence-corrected chi connectivity index (χ0v) is 12.1. The highest BCUT2D eigenvalue weighted by molar-refractivity contribution is 7.91. The second kappa shape index (κ2) is 6.26. The van der Waals surface area contributed by atoms with Crippen LogP contribution >= 0.6 is 0 Å². The van der Waals surface area contributed by atoms with Gasteiger partial charge in [-0.05, 0) is 31.2 Å². The van der Waals surface area contributed by atoms with Crippen LogP contribution in [0.25, 0.3) is 0 Å². The predicted molar refractivity (Wildman–Crippen MR) is 75.1 cm³/mol. The molecule has 21 heavy (non-hydrogen) atoms. The second-order valence-corrected chi connectivity index (χ2v) is 6.52. The molecule has 0 aliphatic rings. The Hall–Kier alpha value is -1.89. The monoisotopic (exact) mass is 315 g/mol. The summed E-state index contributed by atoms with van der Waals surface area (Å²) in [6, 6.07) is 9.00. The number of furan rings is 1. The summed E-state index contributed by atoms with van der Waals surface area (Å²) in [5.41, 5.74) is 0.164. The van der Waals surface area contributed by atoms with Crippen molar-refractivity contribution in [1.29, 1.82) is 0 Å². The number of halogens is 2. The summed E-state index contributed by atoms with van der Waals surface area (Å²) in [5.74, 6) is -2.72. The molecule has 0 bridgehead atoms. The molecule has 4 nitrogen and oxygen atoms in total. The van der Waals surface area contributed by atoms with Crippen molar-refractivity contribution in [2.45, 2.75) is 30.0 Å². The van der Waals surface area contributed by atoms with Crippen LogP contribution < -0.4 is 5.32 Å². The molecule has 0 radical (unpaired) electrons. The normalized spacial score (nSPS) is 13.3. The van der Waals surface area contributed by atoms with E-state index in [0.29, 0.717) is 6.42 Å². The van der Waals surface area contributed by atoms with Crippen molar-refractivity contribution in [3.8, 4) is 0 Å². The number of para-hydroxylation sites is 1. The van der Waals surface area contributed by atoms with Gasteiger partial charge in [0, 0.05) is 12.5 Å². The van der Waals surface area contributed by atoms with Crippen LogP contribution in [0.3, 0.4) is 0 Å². The number of benzene rings is 1. The van der Waals surface area contributed by atoms with Crippen LogP contribution in [0.2, 0.25) is 0 Å². The summed E-state index contributed by atoms with van der Waals surface area (Å²) in [7, 11) is -4.63. The molecule has 0 fully saturated rings. The van der Waals surface area contributed by atoms with Crippen molar-refractivity contribution in [1.82, 2.24) is 0 Å². The van der Waals surface area contributed by atoms with Crippen molar-refractivity contribution in [2.24, 2.45) is 0 Å². The van der Waals surface area contributed by atoms with Crippen LogP contribution in [0.5, 0.6) is 0 Å². The number of sulfone groups is 1. The van der Waals surface area contributed by atoms with E-state index in [2.05, 4.69) is 5.32 Å². The molecule has 2 aromatic rings. The zero-order valence-electron chi connectivity index (χ0n) is 11.3. The maximum Gasteiger partial charge on any atom is 0.341 e. The third-order valence-corrected chi connectivity index (χ3v) is 4.36. The van der Waals surface area contributed by atoms with E-state index in [4.69, 9.17) is 4.42 Å². The lowest BCUT2D eigenvalue weighted by Gasteiger charge is -2.17. The third kappa shape index (κ3) is 3.60. The van der Waals surface area contributed by atoms with Gasteiger partial charge in [0.2, 0.25) is 9.84 Å². The lowest BCUT2D eigenvalue weighted by Crippen LogP contribution is -2.21. The highest BCUT2D eigenvalue weighted by atomic mass is 32.2. The molecule has 0 saturated carbocycles. The van der Waals surface area contributed by atoms with Crippen LogP contribution in [-0.4, -0.2) is 20.2 Å². The molecule has 7 heteroatoms. The molecule has 1 aromatic carbocycles. The van der Waals surface area contributed by atoms with Crippen LogP contribution in [0, 0.1) is 0 Å². The molecule has 0 aliphatic heterocycles. The van der Waals surface area contributed by atoms with Crippen LogP contribution in [0.1, 0.15) is 12.7 Å². The van der Waals surface area contributed by atoms with E-state index in [-0.39, 0.29) is 11.7 Å². The Morgan fingerprint density at radius 3 is 2.52 bits per heavy atom. The first kappa shape index (κ1) is 15.5. The Kier molecular flexibility index (Phi) is 4.62.